The van der Waals surface area contributed by atoms with Gasteiger partial charge in [0.1, 0.15) is 9.84 Å². The lowest BCUT2D eigenvalue weighted by Gasteiger charge is -2.18. The smallest absolute Gasteiger partial charge is 0.191 e. The van der Waals surface area contributed by atoms with E-state index >= 15 is 0 Å². The summed E-state index contributed by atoms with van der Waals surface area (Å²) in [5.74, 6) is 1.46. The van der Waals surface area contributed by atoms with E-state index in [1.165, 1.54) is 6.26 Å². The normalized spacial score (nSPS) is 14.0. The fourth-order valence-corrected chi connectivity index (χ4v) is 1.97. The number of nitrogens with zero attached hydrogens (tertiary/aromatic N) is 1. The van der Waals surface area contributed by atoms with Gasteiger partial charge in [0.05, 0.1) is 5.75 Å². The standard InChI is InChI=1S/C11H25N3O2S.HI/c1-9(2)8-13-11(12-4)14-10(3)6-7-17(5,15)16;/h9-10H,6-8H2,1-5H3,(H2,12,13,14);1H. The van der Waals surface area contributed by atoms with E-state index in [0.717, 1.165) is 12.5 Å². The molecule has 5 nitrogen and oxygen atoms in total. The maximum absolute atomic E-state index is 11.0. The van der Waals surface area contributed by atoms with E-state index in [1.54, 1.807) is 7.05 Å². The van der Waals surface area contributed by atoms with E-state index in [2.05, 4.69) is 29.5 Å². The zero-order valence-corrected chi connectivity index (χ0v) is 15.0. The fourth-order valence-electron chi connectivity index (χ4n) is 1.19. The van der Waals surface area contributed by atoms with Gasteiger partial charge in [-0.15, -0.1) is 24.0 Å². The summed E-state index contributed by atoms with van der Waals surface area (Å²) in [5, 5.41) is 6.36. The third-order valence-electron chi connectivity index (χ3n) is 2.21. The van der Waals surface area contributed by atoms with Gasteiger partial charge < -0.3 is 10.6 Å². The topological polar surface area (TPSA) is 70.6 Å². The van der Waals surface area contributed by atoms with Gasteiger partial charge in [0.2, 0.25) is 0 Å². The maximum Gasteiger partial charge on any atom is 0.191 e. The SMILES string of the molecule is CN=C(NCC(C)C)NC(C)CCS(C)(=O)=O.I. The molecular weight excluding hydrogens is 365 g/mol. The van der Waals surface area contributed by atoms with Crippen LogP contribution in [-0.4, -0.2) is 46.0 Å². The third-order valence-corrected chi connectivity index (χ3v) is 3.18. The molecule has 1 atom stereocenters. The molecule has 0 aliphatic rings. The van der Waals surface area contributed by atoms with Crippen LogP contribution >= 0.6 is 24.0 Å². The summed E-state index contributed by atoms with van der Waals surface area (Å²) in [6.45, 7) is 7.03. The second-order valence-electron chi connectivity index (χ2n) is 4.81. The number of rotatable bonds is 6. The van der Waals surface area contributed by atoms with Gasteiger partial charge in [0.15, 0.2) is 5.96 Å². The molecule has 0 aromatic heterocycles. The summed E-state index contributed by atoms with van der Waals surface area (Å²) >= 11 is 0. The predicted octanol–water partition coefficient (Wildman–Crippen LogP) is 1.25. The van der Waals surface area contributed by atoms with E-state index in [0.29, 0.717) is 12.3 Å². The Balaban J connectivity index is 0. The van der Waals surface area contributed by atoms with Crippen LogP contribution in [0.15, 0.2) is 4.99 Å². The molecule has 2 N–H and O–H groups in total. The van der Waals surface area contributed by atoms with Gasteiger partial charge in [-0.1, -0.05) is 13.8 Å². The van der Waals surface area contributed by atoms with Gasteiger partial charge in [-0.3, -0.25) is 4.99 Å². The Morgan fingerprint density at radius 1 is 1.28 bits per heavy atom. The van der Waals surface area contributed by atoms with Crippen LogP contribution in [0.3, 0.4) is 0 Å². The molecule has 110 valence electrons. The van der Waals surface area contributed by atoms with Crippen molar-refractivity contribution in [1.82, 2.24) is 10.6 Å². The molecule has 0 fully saturated rings. The lowest BCUT2D eigenvalue weighted by atomic mass is 10.2. The summed E-state index contributed by atoms with van der Waals surface area (Å²) < 4.78 is 22.1. The second kappa shape index (κ2) is 9.82. The molecule has 18 heavy (non-hydrogen) atoms. The van der Waals surface area contributed by atoms with Crippen LogP contribution in [0.25, 0.3) is 0 Å². The summed E-state index contributed by atoms with van der Waals surface area (Å²) in [5.41, 5.74) is 0. The highest BCUT2D eigenvalue weighted by Crippen LogP contribution is 1.95. The highest BCUT2D eigenvalue weighted by atomic mass is 127. The third kappa shape index (κ3) is 12.4. The summed E-state index contributed by atoms with van der Waals surface area (Å²) in [6.07, 6.45) is 1.84. The van der Waals surface area contributed by atoms with Crippen molar-refractivity contribution in [3.8, 4) is 0 Å². The molecule has 1 unspecified atom stereocenters. The first kappa shape index (κ1) is 20.3. The Kier molecular flexibility index (Phi) is 11.1. The van der Waals surface area contributed by atoms with E-state index in [9.17, 15) is 8.42 Å². The highest BCUT2D eigenvalue weighted by molar-refractivity contribution is 14.0. The average molecular weight is 391 g/mol. The van der Waals surface area contributed by atoms with Crippen molar-refractivity contribution in [3.05, 3.63) is 0 Å². The molecule has 0 saturated carbocycles. The molecule has 0 amide bonds. The number of nitrogens with one attached hydrogen (secondary N) is 2. The van der Waals surface area contributed by atoms with E-state index in [-0.39, 0.29) is 35.8 Å². The Morgan fingerprint density at radius 2 is 1.83 bits per heavy atom. The maximum atomic E-state index is 11.0. The first-order chi connectivity index (χ1) is 7.74. The number of guanidine groups is 1. The first-order valence-corrected chi connectivity index (χ1v) is 7.95. The molecule has 0 radical (unpaired) electrons. The van der Waals surface area contributed by atoms with Crippen molar-refractivity contribution in [1.29, 1.82) is 0 Å². The first-order valence-electron chi connectivity index (χ1n) is 5.89. The Bertz CT molecular complexity index is 342. The predicted molar refractivity (Wildman–Crippen MR) is 88.5 cm³/mol. The van der Waals surface area contributed by atoms with Crippen molar-refractivity contribution >= 4 is 39.8 Å². The molecular formula is C11H26IN3O2S. The van der Waals surface area contributed by atoms with Gasteiger partial charge in [-0.25, -0.2) is 8.42 Å². The van der Waals surface area contributed by atoms with Crippen LogP contribution in [0.2, 0.25) is 0 Å². The number of hydrogen-bond acceptors (Lipinski definition) is 3. The molecule has 0 spiro atoms. The monoisotopic (exact) mass is 391 g/mol. The summed E-state index contributed by atoms with van der Waals surface area (Å²) in [4.78, 5) is 4.09. The lowest BCUT2D eigenvalue weighted by molar-refractivity contribution is 0.572. The van der Waals surface area contributed by atoms with E-state index in [4.69, 9.17) is 0 Å². The molecule has 0 saturated heterocycles. The minimum Gasteiger partial charge on any atom is -0.356 e. The van der Waals surface area contributed by atoms with Gasteiger partial charge in [0.25, 0.3) is 0 Å². The number of halogens is 1. The second-order valence-corrected chi connectivity index (χ2v) is 7.07. The molecule has 0 aliphatic heterocycles. The fraction of sp³-hybridized carbons (Fsp3) is 0.909. The minimum absolute atomic E-state index is 0. The summed E-state index contributed by atoms with van der Waals surface area (Å²) in [6, 6.07) is 0.0862. The van der Waals surface area contributed by atoms with Crippen LogP contribution in [0.1, 0.15) is 27.2 Å². The van der Waals surface area contributed by atoms with Crippen molar-refractivity contribution in [2.75, 3.05) is 25.6 Å². The van der Waals surface area contributed by atoms with E-state index < -0.39 is 9.84 Å². The zero-order valence-electron chi connectivity index (χ0n) is 11.9. The van der Waals surface area contributed by atoms with Crippen LogP contribution < -0.4 is 10.6 Å². The molecule has 0 heterocycles. The van der Waals surface area contributed by atoms with Gasteiger partial charge >= 0.3 is 0 Å². The number of aliphatic imine (C=N–C) groups is 1. The Hall–Kier alpha value is -0.0500. The number of sulfone groups is 1. The quantitative estimate of drug-likeness (QED) is 0.406. The summed E-state index contributed by atoms with van der Waals surface area (Å²) in [7, 11) is -1.18. The van der Waals surface area contributed by atoms with Crippen molar-refractivity contribution in [2.45, 2.75) is 33.2 Å². The van der Waals surface area contributed by atoms with Crippen LogP contribution in [0.4, 0.5) is 0 Å². The average Bonchev–Trinajstić information content (AvgIpc) is 2.20. The lowest BCUT2D eigenvalue weighted by Crippen LogP contribution is -2.43. The van der Waals surface area contributed by atoms with E-state index in [1.807, 2.05) is 6.92 Å². The van der Waals surface area contributed by atoms with Gasteiger partial charge in [0, 0.05) is 25.9 Å². The molecule has 0 aromatic carbocycles. The van der Waals surface area contributed by atoms with Crippen LogP contribution in [-0.2, 0) is 9.84 Å². The molecule has 7 heteroatoms. The van der Waals surface area contributed by atoms with Crippen molar-refractivity contribution in [2.24, 2.45) is 10.9 Å². The molecule has 0 aliphatic carbocycles. The van der Waals surface area contributed by atoms with Crippen LogP contribution in [0.5, 0.6) is 0 Å². The minimum atomic E-state index is -2.89. The Labute approximate surface area is 128 Å². The van der Waals surface area contributed by atoms with Crippen molar-refractivity contribution in [3.63, 3.8) is 0 Å². The molecule has 0 bridgehead atoms. The molecule has 0 rings (SSSR count). The van der Waals surface area contributed by atoms with Gasteiger partial charge in [-0.05, 0) is 19.3 Å². The largest absolute Gasteiger partial charge is 0.356 e. The van der Waals surface area contributed by atoms with Crippen LogP contribution in [0, 0.1) is 5.92 Å². The van der Waals surface area contributed by atoms with Gasteiger partial charge in [-0.2, -0.15) is 0 Å². The molecule has 0 aromatic rings. The Morgan fingerprint density at radius 3 is 2.22 bits per heavy atom. The van der Waals surface area contributed by atoms with Crippen molar-refractivity contribution < 1.29 is 8.42 Å². The highest BCUT2D eigenvalue weighted by Gasteiger charge is 2.09. The zero-order chi connectivity index (χ0) is 13.5. The number of hydrogen-bond donors (Lipinski definition) is 2.